The Hall–Kier alpha value is -2.38. The Morgan fingerprint density at radius 2 is 1.96 bits per heavy atom. The summed E-state index contributed by atoms with van der Waals surface area (Å²) >= 11 is 0. The second-order valence-electron chi connectivity index (χ2n) is 5.24. The molecule has 0 spiro atoms. The van der Waals surface area contributed by atoms with Crippen LogP contribution in [0, 0.1) is 0 Å². The highest BCUT2D eigenvalue weighted by Gasteiger charge is 2.11. The minimum absolute atomic E-state index is 0.0167. The number of H-pyrrole nitrogens is 1. The quantitative estimate of drug-likeness (QED) is 0.665. The third kappa shape index (κ3) is 3.20. The zero-order valence-corrected chi connectivity index (χ0v) is 13.4. The number of aliphatic hydroxyl groups excluding tert-OH is 1. The number of hydrogen-bond donors (Lipinski definition) is 3. The van der Waals surface area contributed by atoms with Gasteiger partial charge in [-0.1, -0.05) is 12.1 Å². The SMILES string of the molecule is CS(=O)(=O)c1ccc(-c2cc(NCCO)nc3[nH]ccc23)cc1. The lowest BCUT2D eigenvalue weighted by molar-refractivity contribution is 0.311. The molecule has 0 aliphatic carbocycles. The molecule has 0 radical (unpaired) electrons. The van der Waals surface area contributed by atoms with Gasteiger partial charge in [-0.3, -0.25) is 0 Å². The smallest absolute Gasteiger partial charge is 0.175 e. The van der Waals surface area contributed by atoms with E-state index in [-0.39, 0.29) is 6.61 Å². The van der Waals surface area contributed by atoms with Crippen molar-refractivity contribution in [3.63, 3.8) is 0 Å². The van der Waals surface area contributed by atoms with Crippen LogP contribution >= 0.6 is 0 Å². The van der Waals surface area contributed by atoms with Crippen LogP contribution in [0.15, 0.2) is 47.5 Å². The highest BCUT2D eigenvalue weighted by molar-refractivity contribution is 7.90. The molecular formula is C16H17N3O3S. The molecule has 0 bridgehead atoms. The van der Waals surface area contributed by atoms with Crippen LogP contribution in [0.1, 0.15) is 0 Å². The molecule has 2 heterocycles. The van der Waals surface area contributed by atoms with E-state index >= 15 is 0 Å². The largest absolute Gasteiger partial charge is 0.395 e. The lowest BCUT2D eigenvalue weighted by Crippen LogP contribution is -2.07. The molecule has 23 heavy (non-hydrogen) atoms. The van der Waals surface area contributed by atoms with E-state index in [1.54, 1.807) is 24.3 Å². The van der Waals surface area contributed by atoms with E-state index < -0.39 is 9.84 Å². The van der Waals surface area contributed by atoms with Gasteiger partial charge in [-0.2, -0.15) is 0 Å². The van der Waals surface area contributed by atoms with Crippen molar-refractivity contribution in [3.05, 3.63) is 42.6 Å². The van der Waals surface area contributed by atoms with Crippen LogP contribution in [0.3, 0.4) is 0 Å². The highest BCUT2D eigenvalue weighted by atomic mass is 32.2. The van der Waals surface area contributed by atoms with Gasteiger partial charge in [-0.05, 0) is 35.4 Å². The second kappa shape index (κ2) is 6.02. The topological polar surface area (TPSA) is 95.1 Å². The Morgan fingerprint density at radius 1 is 1.22 bits per heavy atom. The molecule has 0 aliphatic heterocycles. The van der Waals surface area contributed by atoms with Crippen molar-refractivity contribution in [2.24, 2.45) is 0 Å². The maximum absolute atomic E-state index is 11.6. The Morgan fingerprint density at radius 3 is 2.61 bits per heavy atom. The summed E-state index contributed by atoms with van der Waals surface area (Å²) in [5, 5.41) is 12.9. The fourth-order valence-corrected chi connectivity index (χ4v) is 3.06. The van der Waals surface area contributed by atoms with Crippen LogP contribution < -0.4 is 5.32 Å². The summed E-state index contributed by atoms with van der Waals surface area (Å²) in [5.74, 6) is 0.649. The number of fused-ring (bicyclic) bond motifs is 1. The molecule has 3 rings (SSSR count). The Bertz CT molecular complexity index is 931. The molecule has 0 amide bonds. The maximum Gasteiger partial charge on any atom is 0.175 e. The Labute approximate surface area is 134 Å². The zero-order valence-electron chi connectivity index (χ0n) is 12.6. The molecule has 6 nitrogen and oxygen atoms in total. The number of sulfone groups is 1. The maximum atomic E-state index is 11.6. The highest BCUT2D eigenvalue weighted by Crippen LogP contribution is 2.30. The lowest BCUT2D eigenvalue weighted by Gasteiger charge is -2.09. The molecule has 0 unspecified atom stereocenters. The Balaban J connectivity index is 2.09. The van der Waals surface area contributed by atoms with Gasteiger partial charge in [0.2, 0.25) is 0 Å². The van der Waals surface area contributed by atoms with Crippen molar-refractivity contribution in [2.45, 2.75) is 4.90 Å². The third-order valence-electron chi connectivity index (χ3n) is 3.54. The molecule has 3 N–H and O–H groups in total. The third-order valence-corrected chi connectivity index (χ3v) is 4.67. The van der Waals surface area contributed by atoms with Gasteiger partial charge in [0, 0.05) is 24.4 Å². The van der Waals surface area contributed by atoms with Gasteiger partial charge in [0.1, 0.15) is 11.5 Å². The van der Waals surface area contributed by atoms with Gasteiger partial charge in [0.15, 0.2) is 9.84 Å². The van der Waals surface area contributed by atoms with Crippen LogP contribution in [0.4, 0.5) is 5.82 Å². The normalized spacial score (nSPS) is 11.7. The standard InChI is InChI=1S/C16H17N3O3S/c1-23(21,22)12-4-2-11(3-5-12)14-10-15(17-8-9-20)19-16-13(14)6-7-18-16/h2-7,10,20H,8-9H2,1H3,(H2,17,18,19). The van der Waals surface area contributed by atoms with E-state index in [2.05, 4.69) is 15.3 Å². The fraction of sp³-hybridized carbons (Fsp3) is 0.188. The fourth-order valence-electron chi connectivity index (χ4n) is 2.43. The van der Waals surface area contributed by atoms with Crippen LogP contribution in [-0.2, 0) is 9.84 Å². The first-order valence-electron chi connectivity index (χ1n) is 7.12. The van der Waals surface area contributed by atoms with Gasteiger partial charge in [0.05, 0.1) is 11.5 Å². The molecule has 0 atom stereocenters. The van der Waals surface area contributed by atoms with Crippen molar-refractivity contribution in [3.8, 4) is 11.1 Å². The summed E-state index contributed by atoms with van der Waals surface area (Å²) in [5.41, 5.74) is 2.57. The molecular weight excluding hydrogens is 314 g/mol. The van der Waals surface area contributed by atoms with E-state index in [0.29, 0.717) is 17.3 Å². The van der Waals surface area contributed by atoms with Gasteiger partial charge in [-0.25, -0.2) is 13.4 Å². The number of aromatic amines is 1. The van der Waals surface area contributed by atoms with Crippen LogP contribution in [-0.4, -0.2) is 42.9 Å². The van der Waals surface area contributed by atoms with Crippen molar-refractivity contribution in [2.75, 3.05) is 24.7 Å². The van der Waals surface area contributed by atoms with Crippen LogP contribution in [0.5, 0.6) is 0 Å². The summed E-state index contributed by atoms with van der Waals surface area (Å²) in [6.07, 6.45) is 3.00. The first-order chi connectivity index (χ1) is 11.0. The van der Waals surface area contributed by atoms with E-state index in [1.165, 1.54) is 6.26 Å². The monoisotopic (exact) mass is 331 g/mol. The van der Waals surface area contributed by atoms with Crippen molar-refractivity contribution >= 4 is 26.7 Å². The van der Waals surface area contributed by atoms with Crippen molar-refractivity contribution in [1.29, 1.82) is 0 Å². The Kier molecular flexibility index (Phi) is 4.06. The summed E-state index contributed by atoms with van der Waals surface area (Å²) in [7, 11) is -3.21. The number of hydrogen-bond acceptors (Lipinski definition) is 5. The molecule has 0 saturated carbocycles. The lowest BCUT2D eigenvalue weighted by atomic mass is 10.0. The summed E-state index contributed by atoms with van der Waals surface area (Å²) in [6.45, 7) is 0.425. The summed E-state index contributed by atoms with van der Waals surface area (Å²) < 4.78 is 23.2. The number of nitrogens with zero attached hydrogens (tertiary/aromatic N) is 1. The molecule has 0 fully saturated rings. The van der Waals surface area contributed by atoms with E-state index in [9.17, 15) is 8.42 Å². The summed E-state index contributed by atoms with van der Waals surface area (Å²) in [4.78, 5) is 7.81. The predicted octanol–water partition coefficient (Wildman–Crippen LogP) is 2.04. The second-order valence-corrected chi connectivity index (χ2v) is 7.26. The van der Waals surface area contributed by atoms with Crippen LogP contribution in [0.25, 0.3) is 22.2 Å². The van der Waals surface area contributed by atoms with E-state index in [4.69, 9.17) is 5.11 Å². The number of aliphatic hydroxyl groups is 1. The number of nitrogens with one attached hydrogen (secondary N) is 2. The molecule has 0 saturated heterocycles. The first kappa shape index (κ1) is 15.5. The zero-order chi connectivity index (χ0) is 16.4. The minimum atomic E-state index is -3.21. The number of anilines is 1. The molecule has 3 aromatic rings. The average molecular weight is 331 g/mol. The number of pyridine rings is 1. The summed E-state index contributed by atoms with van der Waals surface area (Å²) in [6, 6.07) is 10.6. The average Bonchev–Trinajstić information content (AvgIpc) is 3.00. The molecule has 0 aliphatic rings. The predicted molar refractivity (Wildman–Crippen MR) is 90.2 cm³/mol. The molecule has 120 valence electrons. The van der Waals surface area contributed by atoms with E-state index in [0.717, 1.165) is 22.2 Å². The molecule has 7 heteroatoms. The minimum Gasteiger partial charge on any atom is -0.395 e. The molecule has 2 aromatic heterocycles. The number of rotatable bonds is 5. The van der Waals surface area contributed by atoms with Crippen molar-refractivity contribution in [1.82, 2.24) is 9.97 Å². The van der Waals surface area contributed by atoms with E-state index in [1.807, 2.05) is 18.3 Å². The van der Waals surface area contributed by atoms with Gasteiger partial charge >= 0.3 is 0 Å². The van der Waals surface area contributed by atoms with Gasteiger partial charge in [0.25, 0.3) is 0 Å². The molecule has 1 aromatic carbocycles. The van der Waals surface area contributed by atoms with Crippen molar-refractivity contribution < 1.29 is 13.5 Å². The van der Waals surface area contributed by atoms with Gasteiger partial charge in [-0.15, -0.1) is 0 Å². The first-order valence-corrected chi connectivity index (χ1v) is 9.01. The number of benzene rings is 1. The number of aromatic nitrogens is 2. The van der Waals surface area contributed by atoms with Crippen LogP contribution in [0.2, 0.25) is 0 Å². The van der Waals surface area contributed by atoms with Gasteiger partial charge < -0.3 is 15.4 Å².